The molecule has 0 fully saturated rings. The van der Waals surface area contributed by atoms with Crippen LogP contribution in [-0.4, -0.2) is 36.7 Å². The number of benzene rings is 10. The van der Waals surface area contributed by atoms with Crippen LogP contribution in [0.15, 0.2) is 277 Å². The first-order chi connectivity index (χ1) is 38.9. The number of fused-ring (bicyclic) bond motifs is 12. The van der Waals surface area contributed by atoms with Gasteiger partial charge in [0.15, 0.2) is 0 Å². The topological polar surface area (TPSA) is 79.6 Å². The largest absolute Gasteiger partial charge is 0.309 e. The first kappa shape index (κ1) is 44.9. The van der Waals surface area contributed by atoms with Gasteiger partial charge in [0.2, 0.25) is 9.84 Å². The summed E-state index contributed by atoms with van der Waals surface area (Å²) in [4.78, 5) is 10.5. The van der Waals surface area contributed by atoms with Gasteiger partial charge in [-0.3, -0.25) is 9.13 Å². The smallest absolute Gasteiger partial charge is 0.206 e. The SMILES string of the molecule is O=S(=O)(c1ccc(-n2c3ccccc3c3cc(-c4ccc(-n5c6ccccc6c6ccccc65)nc4)ccc32)cc1)c1ccc(-n2c3ccccc3c3cc(-c4ccc(-n5c6ccccc6c6ccccc65)nc4)ccc32)cc1. The van der Waals surface area contributed by atoms with Crippen molar-refractivity contribution in [3.05, 3.63) is 267 Å². The van der Waals surface area contributed by atoms with Crippen LogP contribution in [0.4, 0.5) is 0 Å². The highest BCUT2D eigenvalue weighted by molar-refractivity contribution is 7.91. The van der Waals surface area contributed by atoms with Gasteiger partial charge < -0.3 is 9.13 Å². The molecule has 372 valence electrons. The highest BCUT2D eigenvalue weighted by atomic mass is 32.2. The second kappa shape index (κ2) is 17.3. The molecule has 9 heteroatoms. The van der Waals surface area contributed by atoms with Crippen molar-refractivity contribution in [2.75, 3.05) is 0 Å². The molecule has 0 amide bonds. The molecule has 0 spiro atoms. The molecule has 0 atom stereocenters. The van der Waals surface area contributed by atoms with Crippen molar-refractivity contribution in [3.8, 4) is 45.3 Å². The standard InChI is InChI=1S/C70H44N6O2S/c77-79(78,51-33-29-49(30-34-51)73-61-19-7-5-17-57(61)59-41-45(25-37-67(59)73)47-27-39-69(71-43-47)75-63-21-9-1-13-53(63)54-14-2-10-22-64(54)75)52-35-31-50(32-36-52)74-62-20-8-6-18-58(62)60-42-46(26-38-68(60)74)48-28-40-70(72-44-48)76-65-23-11-3-15-55(65)56-16-4-12-24-66(56)76/h1-44H. The number of hydrogen-bond donors (Lipinski definition) is 0. The lowest BCUT2D eigenvalue weighted by atomic mass is 10.0. The van der Waals surface area contributed by atoms with Crippen LogP contribution in [0, 0.1) is 0 Å². The van der Waals surface area contributed by atoms with E-state index in [1.807, 2.05) is 48.8 Å². The van der Waals surface area contributed by atoms with Gasteiger partial charge in [0.05, 0.1) is 53.9 Å². The van der Waals surface area contributed by atoms with Crippen LogP contribution in [0.1, 0.15) is 0 Å². The van der Waals surface area contributed by atoms with E-state index in [4.69, 9.17) is 9.97 Å². The summed E-state index contributed by atoms with van der Waals surface area (Å²) in [7, 11) is -3.87. The van der Waals surface area contributed by atoms with Crippen LogP contribution in [0.3, 0.4) is 0 Å². The zero-order valence-corrected chi connectivity index (χ0v) is 43.1. The summed E-state index contributed by atoms with van der Waals surface area (Å²) in [5.74, 6) is 1.73. The lowest BCUT2D eigenvalue weighted by molar-refractivity contribution is 0.596. The summed E-state index contributed by atoms with van der Waals surface area (Å²) in [5.41, 5.74) is 14.5. The quantitative estimate of drug-likeness (QED) is 0.152. The van der Waals surface area contributed by atoms with E-state index in [0.717, 1.165) is 111 Å². The predicted molar refractivity (Wildman–Crippen MR) is 322 cm³/mol. The normalized spacial score (nSPS) is 12.2. The summed E-state index contributed by atoms with van der Waals surface area (Å²) in [6.45, 7) is 0. The number of para-hydroxylation sites is 6. The molecule has 79 heavy (non-hydrogen) atoms. The van der Waals surface area contributed by atoms with E-state index in [1.165, 1.54) is 21.5 Å². The van der Waals surface area contributed by atoms with Crippen molar-refractivity contribution in [1.82, 2.24) is 28.2 Å². The molecule has 0 aliphatic heterocycles. The Hall–Kier alpha value is -10.4. The lowest BCUT2D eigenvalue weighted by Gasteiger charge is -2.12. The molecule has 0 unspecified atom stereocenters. The van der Waals surface area contributed by atoms with Gasteiger partial charge in [-0.05, 0) is 145 Å². The van der Waals surface area contributed by atoms with Crippen molar-refractivity contribution in [2.24, 2.45) is 0 Å². The molecule has 16 rings (SSSR count). The van der Waals surface area contributed by atoms with Gasteiger partial charge in [-0.15, -0.1) is 0 Å². The van der Waals surface area contributed by atoms with E-state index in [1.54, 1.807) is 24.3 Å². The fourth-order valence-corrected chi connectivity index (χ4v) is 13.5. The second-order valence-corrected chi connectivity index (χ2v) is 22.2. The molecule has 0 radical (unpaired) electrons. The van der Waals surface area contributed by atoms with Crippen molar-refractivity contribution in [1.29, 1.82) is 0 Å². The Bertz CT molecular complexity index is 4810. The maximum absolute atomic E-state index is 14.4. The molecular formula is C70H44N6O2S. The molecule has 6 aromatic heterocycles. The van der Waals surface area contributed by atoms with E-state index < -0.39 is 9.84 Å². The third-order valence-electron chi connectivity index (χ3n) is 15.9. The van der Waals surface area contributed by atoms with Crippen molar-refractivity contribution in [2.45, 2.75) is 9.79 Å². The Morgan fingerprint density at radius 2 is 0.532 bits per heavy atom. The maximum Gasteiger partial charge on any atom is 0.206 e. The van der Waals surface area contributed by atoms with Gasteiger partial charge >= 0.3 is 0 Å². The van der Waals surface area contributed by atoms with E-state index in [2.05, 4.69) is 212 Å². The first-order valence-electron chi connectivity index (χ1n) is 26.4. The van der Waals surface area contributed by atoms with E-state index in [9.17, 15) is 8.42 Å². The number of sulfone groups is 1. The molecule has 0 bridgehead atoms. The number of hydrogen-bond acceptors (Lipinski definition) is 4. The molecule has 0 aliphatic carbocycles. The Morgan fingerprint density at radius 1 is 0.253 bits per heavy atom. The summed E-state index contributed by atoms with van der Waals surface area (Å²) >= 11 is 0. The van der Waals surface area contributed by atoms with Crippen LogP contribution >= 0.6 is 0 Å². The lowest BCUT2D eigenvalue weighted by Crippen LogP contribution is -2.03. The zero-order chi connectivity index (χ0) is 52.3. The third kappa shape index (κ3) is 6.89. The van der Waals surface area contributed by atoms with Gasteiger partial charge in [0.25, 0.3) is 0 Å². The average Bonchev–Trinajstić information content (AvgIpc) is 4.43. The highest BCUT2D eigenvalue weighted by Gasteiger charge is 2.22. The molecular weight excluding hydrogens is 989 g/mol. The summed E-state index contributed by atoms with van der Waals surface area (Å²) in [6.07, 6.45) is 3.91. The van der Waals surface area contributed by atoms with Crippen molar-refractivity contribution in [3.63, 3.8) is 0 Å². The number of pyridine rings is 2. The maximum atomic E-state index is 14.4. The van der Waals surface area contributed by atoms with E-state index in [0.29, 0.717) is 0 Å². The molecule has 6 heterocycles. The minimum atomic E-state index is -3.87. The fourth-order valence-electron chi connectivity index (χ4n) is 12.3. The zero-order valence-electron chi connectivity index (χ0n) is 42.3. The van der Waals surface area contributed by atoms with Crippen LogP contribution < -0.4 is 0 Å². The van der Waals surface area contributed by atoms with Gasteiger partial charge in [0.1, 0.15) is 11.6 Å². The predicted octanol–water partition coefficient (Wildman–Crippen LogP) is 17.0. The summed E-state index contributed by atoms with van der Waals surface area (Å²) < 4.78 is 37.7. The molecule has 8 nitrogen and oxygen atoms in total. The number of aromatic nitrogens is 6. The van der Waals surface area contributed by atoms with E-state index in [-0.39, 0.29) is 9.79 Å². The fraction of sp³-hybridized carbons (Fsp3) is 0. The third-order valence-corrected chi connectivity index (χ3v) is 17.7. The van der Waals surface area contributed by atoms with Gasteiger partial charge in [-0.25, -0.2) is 18.4 Å². The van der Waals surface area contributed by atoms with Gasteiger partial charge in [-0.2, -0.15) is 0 Å². The summed E-state index contributed by atoms with van der Waals surface area (Å²) in [5, 5.41) is 9.21. The van der Waals surface area contributed by atoms with Gasteiger partial charge in [-0.1, -0.05) is 121 Å². The molecule has 0 N–H and O–H groups in total. The van der Waals surface area contributed by atoms with Crippen LogP contribution in [0.2, 0.25) is 0 Å². The minimum absolute atomic E-state index is 0.228. The highest BCUT2D eigenvalue weighted by Crippen LogP contribution is 2.39. The Morgan fingerprint density at radius 3 is 0.848 bits per heavy atom. The molecule has 10 aromatic carbocycles. The first-order valence-corrected chi connectivity index (χ1v) is 27.9. The van der Waals surface area contributed by atoms with E-state index >= 15 is 0 Å². The second-order valence-electron chi connectivity index (χ2n) is 20.2. The van der Waals surface area contributed by atoms with Gasteiger partial charge in [0, 0.05) is 78.0 Å². The molecule has 16 aromatic rings. The summed E-state index contributed by atoms with van der Waals surface area (Å²) in [6, 6.07) is 86.6. The van der Waals surface area contributed by atoms with Crippen molar-refractivity contribution >= 4 is 97.1 Å². The number of rotatable bonds is 8. The van der Waals surface area contributed by atoms with Crippen molar-refractivity contribution < 1.29 is 8.42 Å². The molecule has 0 saturated heterocycles. The Balaban J connectivity index is 0.686. The monoisotopic (exact) mass is 1030 g/mol. The average molecular weight is 1030 g/mol. The molecule has 0 aliphatic rings. The molecule has 0 saturated carbocycles. The van der Waals surface area contributed by atoms with Crippen LogP contribution in [0.5, 0.6) is 0 Å². The van der Waals surface area contributed by atoms with Crippen LogP contribution in [0.25, 0.3) is 132 Å². The number of nitrogens with zero attached hydrogens (tertiary/aromatic N) is 6. The van der Waals surface area contributed by atoms with Crippen LogP contribution in [-0.2, 0) is 9.84 Å². The Kier molecular flexibility index (Phi) is 9.85. The Labute approximate surface area is 453 Å². The minimum Gasteiger partial charge on any atom is -0.309 e.